The van der Waals surface area contributed by atoms with E-state index < -0.39 is 5.41 Å². The largest absolute Gasteiger partial charge is 0.361 e. The van der Waals surface area contributed by atoms with Crippen LogP contribution in [-0.4, -0.2) is 52.9 Å². The SMILES string of the molecule is CC(=O)N1CCC(Cc2cc(-c3ccccc3)no2)(C(=O)N2CCCC2)C1. The molecule has 27 heavy (non-hydrogen) atoms. The van der Waals surface area contributed by atoms with Crippen molar-refractivity contribution < 1.29 is 14.1 Å². The van der Waals surface area contributed by atoms with Crippen LogP contribution in [0.2, 0.25) is 0 Å². The summed E-state index contributed by atoms with van der Waals surface area (Å²) in [5, 5.41) is 4.19. The molecule has 2 saturated heterocycles. The zero-order valence-electron chi connectivity index (χ0n) is 15.7. The summed E-state index contributed by atoms with van der Waals surface area (Å²) in [6.07, 6.45) is 3.26. The average Bonchev–Trinajstić information content (AvgIpc) is 3.43. The van der Waals surface area contributed by atoms with Crippen LogP contribution in [-0.2, 0) is 16.0 Å². The van der Waals surface area contributed by atoms with Gasteiger partial charge in [0.1, 0.15) is 11.5 Å². The van der Waals surface area contributed by atoms with Crippen molar-refractivity contribution in [2.75, 3.05) is 26.2 Å². The predicted molar refractivity (Wildman–Crippen MR) is 101 cm³/mol. The minimum atomic E-state index is -0.608. The van der Waals surface area contributed by atoms with E-state index in [1.165, 1.54) is 0 Å². The molecule has 4 rings (SSSR count). The highest BCUT2D eigenvalue weighted by molar-refractivity contribution is 5.85. The van der Waals surface area contributed by atoms with Crippen LogP contribution < -0.4 is 0 Å². The first-order valence-corrected chi connectivity index (χ1v) is 9.63. The van der Waals surface area contributed by atoms with Gasteiger partial charge in [0, 0.05) is 51.2 Å². The van der Waals surface area contributed by atoms with Gasteiger partial charge in [0.25, 0.3) is 0 Å². The van der Waals surface area contributed by atoms with E-state index >= 15 is 0 Å². The van der Waals surface area contributed by atoms with Gasteiger partial charge in [0.2, 0.25) is 11.8 Å². The lowest BCUT2D eigenvalue weighted by Crippen LogP contribution is -2.46. The van der Waals surface area contributed by atoms with E-state index in [9.17, 15) is 9.59 Å². The Morgan fingerprint density at radius 3 is 2.52 bits per heavy atom. The second kappa shape index (κ2) is 7.18. The lowest BCUT2D eigenvalue weighted by atomic mass is 9.81. The second-order valence-electron chi connectivity index (χ2n) is 7.69. The van der Waals surface area contributed by atoms with E-state index in [-0.39, 0.29) is 11.8 Å². The molecule has 142 valence electrons. The smallest absolute Gasteiger partial charge is 0.231 e. The van der Waals surface area contributed by atoms with E-state index in [1.54, 1.807) is 11.8 Å². The zero-order chi connectivity index (χ0) is 18.9. The fraction of sp³-hybridized carbons (Fsp3) is 0.476. The first kappa shape index (κ1) is 17.8. The Kier molecular flexibility index (Phi) is 4.72. The summed E-state index contributed by atoms with van der Waals surface area (Å²) in [6, 6.07) is 11.8. The number of rotatable bonds is 4. The highest BCUT2D eigenvalue weighted by Crippen LogP contribution is 2.38. The molecule has 1 aromatic carbocycles. The van der Waals surface area contributed by atoms with Crippen LogP contribution in [0.25, 0.3) is 11.3 Å². The van der Waals surface area contributed by atoms with Crippen LogP contribution in [0.4, 0.5) is 0 Å². The van der Waals surface area contributed by atoms with Crippen LogP contribution in [0, 0.1) is 5.41 Å². The van der Waals surface area contributed by atoms with Crippen molar-refractivity contribution >= 4 is 11.8 Å². The highest BCUT2D eigenvalue weighted by Gasteiger charge is 2.48. The number of amides is 2. The lowest BCUT2D eigenvalue weighted by Gasteiger charge is -2.31. The lowest BCUT2D eigenvalue weighted by molar-refractivity contribution is -0.141. The molecule has 0 bridgehead atoms. The number of nitrogens with zero attached hydrogens (tertiary/aromatic N) is 3. The molecule has 0 radical (unpaired) electrons. The van der Waals surface area contributed by atoms with Gasteiger partial charge >= 0.3 is 0 Å². The fourth-order valence-electron chi connectivity index (χ4n) is 4.27. The molecule has 2 amide bonds. The van der Waals surface area contributed by atoms with Crippen molar-refractivity contribution in [2.45, 2.75) is 32.6 Å². The number of hydrogen-bond acceptors (Lipinski definition) is 4. The number of aromatic nitrogens is 1. The Bertz CT molecular complexity index is 826. The third-order valence-corrected chi connectivity index (χ3v) is 5.79. The van der Waals surface area contributed by atoms with E-state index in [2.05, 4.69) is 5.16 Å². The van der Waals surface area contributed by atoms with Gasteiger partial charge in [-0.2, -0.15) is 0 Å². The highest BCUT2D eigenvalue weighted by atomic mass is 16.5. The van der Waals surface area contributed by atoms with E-state index in [4.69, 9.17) is 4.52 Å². The van der Waals surface area contributed by atoms with E-state index in [0.29, 0.717) is 31.7 Å². The summed E-state index contributed by atoms with van der Waals surface area (Å²) >= 11 is 0. The molecule has 6 heteroatoms. The number of benzene rings is 1. The molecule has 0 spiro atoms. The summed E-state index contributed by atoms with van der Waals surface area (Å²) in [7, 11) is 0. The van der Waals surface area contributed by atoms with Crippen molar-refractivity contribution in [2.24, 2.45) is 5.41 Å². The van der Waals surface area contributed by atoms with Gasteiger partial charge in [0.05, 0.1) is 5.41 Å². The molecule has 2 aliphatic rings. The molecule has 0 saturated carbocycles. The maximum atomic E-state index is 13.3. The monoisotopic (exact) mass is 367 g/mol. The van der Waals surface area contributed by atoms with Crippen LogP contribution in [0.15, 0.2) is 40.9 Å². The molecule has 2 fully saturated rings. The quantitative estimate of drug-likeness (QED) is 0.833. The van der Waals surface area contributed by atoms with Gasteiger partial charge < -0.3 is 14.3 Å². The standard InChI is InChI=1S/C21H25N3O3/c1-16(25)24-12-9-21(15-24,20(26)23-10-5-6-11-23)14-18-13-19(22-27-18)17-7-3-2-4-8-17/h2-4,7-8,13H,5-6,9-12,14-15H2,1H3. The van der Waals surface area contributed by atoms with Gasteiger partial charge in [-0.1, -0.05) is 35.5 Å². The Morgan fingerprint density at radius 1 is 1.11 bits per heavy atom. The Hall–Kier alpha value is -2.63. The van der Waals surface area contributed by atoms with Crippen molar-refractivity contribution in [3.05, 3.63) is 42.2 Å². The van der Waals surface area contributed by atoms with Crippen molar-refractivity contribution in [3.8, 4) is 11.3 Å². The number of hydrogen-bond donors (Lipinski definition) is 0. The molecular formula is C21H25N3O3. The third kappa shape index (κ3) is 3.48. The van der Waals surface area contributed by atoms with Crippen molar-refractivity contribution in [3.63, 3.8) is 0 Å². The van der Waals surface area contributed by atoms with Crippen LogP contribution in [0.1, 0.15) is 31.9 Å². The molecule has 0 aliphatic carbocycles. The molecule has 1 aromatic heterocycles. The Morgan fingerprint density at radius 2 is 1.85 bits per heavy atom. The van der Waals surface area contributed by atoms with E-state index in [1.807, 2.05) is 41.3 Å². The predicted octanol–water partition coefficient (Wildman–Crippen LogP) is 2.75. The summed E-state index contributed by atoms with van der Waals surface area (Å²) in [5.41, 5.74) is 1.16. The maximum Gasteiger partial charge on any atom is 0.231 e. The zero-order valence-corrected chi connectivity index (χ0v) is 15.7. The van der Waals surface area contributed by atoms with Crippen LogP contribution in [0.3, 0.4) is 0 Å². The summed E-state index contributed by atoms with van der Waals surface area (Å²) in [4.78, 5) is 29.0. The molecule has 0 N–H and O–H groups in total. The topological polar surface area (TPSA) is 66.7 Å². The second-order valence-corrected chi connectivity index (χ2v) is 7.69. The first-order chi connectivity index (χ1) is 13.1. The van der Waals surface area contributed by atoms with Gasteiger partial charge in [0.15, 0.2) is 0 Å². The summed E-state index contributed by atoms with van der Waals surface area (Å²) in [5.74, 6) is 0.877. The normalized spacial score (nSPS) is 22.4. The number of carbonyl (C=O) groups excluding carboxylic acids is 2. The minimum Gasteiger partial charge on any atom is -0.361 e. The number of likely N-dealkylation sites (tertiary alicyclic amines) is 2. The molecule has 1 unspecified atom stereocenters. The van der Waals surface area contributed by atoms with Crippen LogP contribution in [0.5, 0.6) is 0 Å². The van der Waals surface area contributed by atoms with Gasteiger partial charge in [-0.15, -0.1) is 0 Å². The molecule has 2 aliphatic heterocycles. The summed E-state index contributed by atoms with van der Waals surface area (Å²) in [6.45, 7) is 4.27. The third-order valence-electron chi connectivity index (χ3n) is 5.79. The van der Waals surface area contributed by atoms with Gasteiger partial charge in [-0.3, -0.25) is 9.59 Å². The minimum absolute atomic E-state index is 0.0219. The Balaban J connectivity index is 1.59. The maximum absolute atomic E-state index is 13.3. The molecular weight excluding hydrogens is 342 g/mol. The molecule has 6 nitrogen and oxygen atoms in total. The van der Waals surface area contributed by atoms with E-state index in [0.717, 1.165) is 37.2 Å². The van der Waals surface area contributed by atoms with Gasteiger partial charge in [-0.25, -0.2) is 0 Å². The molecule has 1 atom stereocenters. The van der Waals surface area contributed by atoms with Crippen molar-refractivity contribution in [1.82, 2.24) is 15.0 Å². The number of carbonyl (C=O) groups is 2. The van der Waals surface area contributed by atoms with Gasteiger partial charge in [-0.05, 0) is 19.3 Å². The fourth-order valence-corrected chi connectivity index (χ4v) is 4.27. The first-order valence-electron chi connectivity index (χ1n) is 9.63. The average molecular weight is 367 g/mol. The Labute approximate surface area is 159 Å². The molecule has 2 aromatic rings. The van der Waals surface area contributed by atoms with Crippen LogP contribution >= 0.6 is 0 Å². The summed E-state index contributed by atoms with van der Waals surface area (Å²) < 4.78 is 5.59. The van der Waals surface area contributed by atoms with Crippen molar-refractivity contribution in [1.29, 1.82) is 0 Å². The molecule has 3 heterocycles.